The lowest BCUT2D eigenvalue weighted by Gasteiger charge is -2.20. The van der Waals surface area contributed by atoms with Gasteiger partial charge >= 0.3 is 0 Å². The van der Waals surface area contributed by atoms with E-state index >= 15 is 0 Å². The Kier molecular flexibility index (Phi) is 22.2. The van der Waals surface area contributed by atoms with E-state index in [1.54, 1.807) is 12.2 Å². The van der Waals surface area contributed by atoms with Crippen molar-refractivity contribution in [1.29, 1.82) is 0 Å². The summed E-state index contributed by atoms with van der Waals surface area (Å²) in [6.07, 6.45) is 9.34. The molecule has 0 fully saturated rings. The van der Waals surface area contributed by atoms with Crippen LogP contribution < -0.4 is 9.47 Å². The van der Waals surface area contributed by atoms with Crippen LogP contribution >= 0.6 is 0 Å². The van der Waals surface area contributed by atoms with Gasteiger partial charge in [-0.3, -0.25) is 0 Å². The van der Waals surface area contributed by atoms with Gasteiger partial charge in [-0.15, -0.1) is 6.58 Å². The highest BCUT2D eigenvalue weighted by Gasteiger charge is 2.18. The first-order valence-electron chi connectivity index (χ1n) is 18.2. The summed E-state index contributed by atoms with van der Waals surface area (Å²) in [5, 5.41) is 7.76. The Morgan fingerprint density at radius 2 is 0.922 bits per heavy atom. The third-order valence-electron chi connectivity index (χ3n) is 7.68. The summed E-state index contributed by atoms with van der Waals surface area (Å²) in [4.78, 5) is 0. The second-order valence-electron chi connectivity index (χ2n) is 12.4. The van der Waals surface area contributed by atoms with E-state index in [1.165, 1.54) is 6.08 Å². The van der Waals surface area contributed by atoms with Gasteiger partial charge in [0.2, 0.25) is 0 Å². The van der Waals surface area contributed by atoms with Crippen molar-refractivity contribution < 1.29 is 33.5 Å². The highest BCUT2D eigenvalue weighted by molar-refractivity contribution is 5.81. The first-order valence-corrected chi connectivity index (χ1v) is 18.2. The fraction of sp³-hybridized carbons (Fsp3) is 0.455. The number of aliphatic hydroxyl groups excluding tert-OH is 1. The summed E-state index contributed by atoms with van der Waals surface area (Å²) in [7, 11) is 0. The number of hydrogen-bond donors (Lipinski definition) is 1. The van der Waals surface area contributed by atoms with Crippen LogP contribution in [0.2, 0.25) is 0 Å². The molecule has 3 aromatic rings. The van der Waals surface area contributed by atoms with Gasteiger partial charge < -0.3 is 33.5 Å². The zero-order valence-electron chi connectivity index (χ0n) is 31.9. The molecule has 7 nitrogen and oxygen atoms in total. The van der Waals surface area contributed by atoms with Crippen LogP contribution in [0.1, 0.15) is 67.3 Å². The summed E-state index contributed by atoms with van der Waals surface area (Å²) < 4.78 is 36.1. The second kappa shape index (κ2) is 26.1. The maximum Gasteiger partial charge on any atom is 0.133 e. The van der Waals surface area contributed by atoms with Crippen molar-refractivity contribution >= 4 is 0 Å². The van der Waals surface area contributed by atoms with E-state index in [1.807, 2.05) is 0 Å². The standard InChI is InChI=1S/C41H56O6.C3H6O/c1-8-12-16-42-18-20-44-29-36-24-32(6)26-38(40(36)46-14-10-3)34-22-31(5)23-35(28-34)39-27-33(7)25-37(41(39)47-15-11-4)30-45-21-19-43-17-13-9-2;1-2-3-4/h10-11,22-28H,3-4,8-9,12-21,29-30H2,1-2,5-7H3;2,4H,1,3H2. The third kappa shape index (κ3) is 16.0. The average molecular weight is 703 g/mol. The lowest BCUT2D eigenvalue weighted by Crippen LogP contribution is -2.07. The van der Waals surface area contributed by atoms with E-state index in [0.29, 0.717) is 52.9 Å². The molecule has 0 saturated heterocycles. The SMILES string of the molecule is C=CCO.C=CCOc1c(COCCOCCCC)cc(C)cc1-c1cc(C)cc(-c2cc(C)cc(COCCOCCCC)c2OCC=C)c1. The maximum atomic E-state index is 7.76. The molecule has 0 radical (unpaired) electrons. The summed E-state index contributed by atoms with van der Waals surface area (Å²) in [5.41, 5.74) is 9.56. The van der Waals surface area contributed by atoms with Crippen LogP contribution in [0.15, 0.2) is 80.4 Å². The van der Waals surface area contributed by atoms with E-state index in [0.717, 1.165) is 100 Å². The normalized spacial score (nSPS) is 10.7. The molecule has 3 rings (SSSR count). The van der Waals surface area contributed by atoms with Crippen molar-refractivity contribution in [3.05, 3.63) is 108 Å². The number of hydrogen-bond acceptors (Lipinski definition) is 7. The molecule has 0 amide bonds. The number of aliphatic hydroxyl groups is 1. The molecule has 0 bridgehead atoms. The van der Waals surface area contributed by atoms with Crippen molar-refractivity contribution in [2.45, 2.75) is 73.5 Å². The zero-order chi connectivity index (χ0) is 37.3. The van der Waals surface area contributed by atoms with Gasteiger partial charge in [-0.05, 0) is 79.6 Å². The van der Waals surface area contributed by atoms with Crippen LogP contribution in [0.25, 0.3) is 22.3 Å². The van der Waals surface area contributed by atoms with Crippen LogP contribution in [0.5, 0.6) is 11.5 Å². The highest BCUT2D eigenvalue weighted by atomic mass is 16.5. The molecule has 0 aliphatic carbocycles. The molecule has 0 spiro atoms. The summed E-state index contributed by atoms with van der Waals surface area (Å²) in [6.45, 7) is 27.2. The van der Waals surface area contributed by atoms with Gasteiger partial charge in [0.1, 0.15) is 24.7 Å². The molecule has 0 unspecified atom stereocenters. The third-order valence-corrected chi connectivity index (χ3v) is 7.68. The lowest BCUT2D eigenvalue weighted by molar-refractivity contribution is 0.0390. The quantitative estimate of drug-likeness (QED) is 0.0696. The maximum absolute atomic E-state index is 7.76. The van der Waals surface area contributed by atoms with Crippen molar-refractivity contribution in [1.82, 2.24) is 0 Å². The molecule has 0 heterocycles. The van der Waals surface area contributed by atoms with Gasteiger partial charge in [0.25, 0.3) is 0 Å². The summed E-state index contributed by atoms with van der Waals surface area (Å²) >= 11 is 0. The molecule has 0 aliphatic rings. The molecule has 3 aromatic carbocycles. The van der Waals surface area contributed by atoms with Crippen LogP contribution in [0, 0.1) is 20.8 Å². The van der Waals surface area contributed by atoms with Gasteiger partial charge in [-0.25, -0.2) is 0 Å². The largest absolute Gasteiger partial charge is 0.489 e. The molecule has 0 atom stereocenters. The molecule has 0 aliphatic heterocycles. The smallest absolute Gasteiger partial charge is 0.133 e. The highest BCUT2D eigenvalue weighted by Crippen LogP contribution is 2.41. The topological polar surface area (TPSA) is 75.6 Å². The van der Waals surface area contributed by atoms with Gasteiger partial charge in [0, 0.05) is 35.5 Å². The Balaban J connectivity index is 0.00000213. The van der Waals surface area contributed by atoms with Crippen molar-refractivity contribution in [3.63, 3.8) is 0 Å². The molecule has 51 heavy (non-hydrogen) atoms. The number of benzene rings is 3. The minimum atomic E-state index is 0.0833. The lowest BCUT2D eigenvalue weighted by atomic mass is 9.92. The van der Waals surface area contributed by atoms with Crippen LogP contribution in [-0.2, 0) is 32.2 Å². The first-order chi connectivity index (χ1) is 24.8. The van der Waals surface area contributed by atoms with E-state index in [4.69, 9.17) is 33.5 Å². The Hall–Kier alpha value is -3.72. The predicted octanol–water partition coefficient (Wildman–Crippen LogP) is 9.91. The van der Waals surface area contributed by atoms with E-state index in [2.05, 4.69) is 96.8 Å². The van der Waals surface area contributed by atoms with E-state index in [9.17, 15) is 0 Å². The Labute approximate surface area is 307 Å². The molecule has 1 N–H and O–H groups in total. The van der Waals surface area contributed by atoms with Crippen LogP contribution in [-0.4, -0.2) is 64.6 Å². The Bertz CT molecular complexity index is 1360. The average Bonchev–Trinajstić information content (AvgIpc) is 3.12. The molecule has 0 aromatic heterocycles. The molecular formula is C44H62O7. The Morgan fingerprint density at radius 3 is 1.29 bits per heavy atom. The Morgan fingerprint density at radius 1 is 0.529 bits per heavy atom. The second-order valence-corrected chi connectivity index (χ2v) is 12.4. The van der Waals surface area contributed by atoms with Crippen LogP contribution in [0.4, 0.5) is 0 Å². The fourth-order valence-corrected chi connectivity index (χ4v) is 5.36. The minimum Gasteiger partial charge on any atom is -0.489 e. The van der Waals surface area contributed by atoms with Gasteiger partial charge in [0.15, 0.2) is 0 Å². The zero-order valence-corrected chi connectivity index (χ0v) is 31.9. The number of aryl methyl sites for hydroxylation is 3. The first kappa shape index (κ1) is 43.4. The molecule has 0 saturated carbocycles. The van der Waals surface area contributed by atoms with Crippen molar-refractivity contribution in [2.24, 2.45) is 0 Å². The number of ether oxygens (including phenoxy) is 6. The molecule has 280 valence electrons. The fourth-order valence-electron chi connectivity index (χ4n) is 5.36. The van der Waals surface area contributed by atoms with Gasteiger partial charge in [-0.2, -0.15) is 0 Å². The van der Waals surface area contributed by atoms with Gasteiger partial charge in [0.05, 0.1) is 46.2 Å². The monoisotopic (exact) mass is 702 g/mol. The molecular weight excluding hydrogens is 640 g/mol. The summed E-state index contributed by atoms with van der Waals surface area (Å²) in [6, 6.07) is 15.3. The van der Waals surface area contributed by atoms with Crippen molar-refractivity contribution in [2.75, 3.05) is 59.5 Å². The van der Waals surface area contributed by atoms with E-state index in [-0.39, 0.29) is 6.61 Å². The summed E-state index contributed by atoms with van der Waals surface area (Å²) in [5.74, 6) is 1.61. The minimum absolute atomic E-state index is 0.0833. The predicted molar refractivity (Wildman–Crippen MR) is 211 cm³/mol. The van der Waals surface area contributed by atoms with Gasteiger partial charge in [-0.1, -0.05) is 82.3 Å². The number of rotatable bonds is 25. The van der Waals surface area contributed by atoms with Crippen molar-refractivity contribution in [3.8, 4) is 33.8 Å². The van der Waals surface area contributed by atoms with E-state index < -0.39 is 0 Å². The van der Waals surface area contributed by atoms with Crippen LogP contribution in [0.3, 0.4) is 0 Å². The number of unbranched alkanes of at least 4 members (excludes halogenated alkanes) is 2. The molecule has 7 heteroatoms.